The Hall–Kier alpha value is -3.09. The molecular weight excluding hydrogens is 385 g/mol. The lowest BCUT2D eigenvalue weighted by molar-refractivity contribution is -0.136. The van der Waals surface area contributed by atoms with Crippen molar-refractivity contribution < 1.29 is 18.7 Å². The summed E-state index contributed by atoms with van der Waals surface area (Å²) in [6, 6.07) is 13.9. The third-order valence-corrected chi connectivity index (χ3v) is 5.71. The summed E-state index contributed by atoms with van der Waals surface area (Å²) in [6.45, 7) is 5.36. The van der Waals surface area contributed by atoms with Gasteiger partial charge in [-0.25, -0.2) is 4.39 Å². The van der Waals surface area contributed by atoms with Crippen molar-refractivity contribution in [2.24, 2.45) is 5.92 Å². The van der Waals surface area contributed by atoms with Gasteiger partial charge >= 0.3 is 0 Å². The Morgan fingerprint density at radius 3 is 2.47 bits per heavy atom. The van der Waals surface area contributed by atoms with Crippen molar-refractivity contribution in [1.82, 2.24) is 4.90 Å². The first-order valence-corrected chi connectivity index (χ1v) is 10.4. The average Bonchev–Trinajstić information content (AvgIpc) is 3.16. The van der Waals surface area contributed by atoms with Gasteiger partial charge in [-0.15, -0.1) is 0 Å². The van der Waals surface area contributed by atoms with Gasteiger partial charge in [-0.2, -0.15) is 0 Å². The van der Waals surface area contributed by atoms with Crippen molar-refractivity contribution in [3.05, 3.63) is 54.3 Å². The second kappa shape index (κ2) is 8.73. The number of piperazine rings is 1. The molecule has 0 spiro atoms. The van der Waals surface area contributed by atoms with Crippen molar-refractivity contribution in [3.8, 4) is 5.75 Å². The summed E-state index contributed by atoms with van der Waals surface area (Å²) in [4.78, 5) is 31.4. The fourth-order valence-corrected chi connectivity index (χ4v) is 4.16. The number of rotatable bonds is 5. The van der Waals surface area contributed by atoms with E-state index in [4.69, 9.17) is 4.74 Å². The number of para-hydroxylation sites is 2. The largest absolute Gasteiger partial charge is 0.492 e. The van der Waals surface area contributed by atoms with Crippen LogP contribution in [0.2, 0.25) is 0 Å². The van der Waals surface area contributed by atoms with E-state index in [9.17, 15) is 14.0 Å². The fourth-order valence-electron chi connectivity index (χ4n) is 4.16. The Morgan fingerprint density at radius 1 is 1.07 bits per heavy atom. The molecule has 1 atom stereocenters. The first-order valence-electron chi connectivity index (χ1n) is 10.4. The van der Waals surface area contributed by atoms with Gasteiger partial charge < -0.3 is 19.4 Å². The van der Waals surface area contributed by atoms with Crippen molar-refractivity contribution >= 4 is 23.2 Å². The van der Waals surface area contributed by atoms with Crippen LogP contribution in [-0.4, -0.2) is 56.0 Å². The number of carbonyl (C=O) groups is 2. The average molecular weight is 411 g/mol. The molecule has 30 heavy (non-hydrogen) atoms. The maximum absolute atomic E-state index is 13.1. The van der Waals surface area contributed by atoms with Gasteiger partial charge in [0.1, 0.15) is 11.6 Å². The summed E-state index contributed by atoms with van der Waals surface area (Å²) < 4.78 is 18.8. The van der Waals surface area contributed by atoms with Crippen LogP contribution in [0.15, 0.2) is 48.5 Å². The zero-order valence-corrected chi connectivity index (χ0v) is 17.1. The highest BCUT2D eigenvalue weighted by Crippen LogP contribution is 2.33. The lowest BCUT2D eigenvalue weighted by atomic mass is 10.1. The van der Waals surface area contributed by atoms with Crippen LogP contribution >= 0.6 is 0 Å². The highest BCUT2D eigenvalue weighted by molar-refractivity contribution is 6.01. The first kappa shape index (κ1) is 20.2. The fraction of sp³-hybridized carbons (Fsp3) is 0.391. The number of carbonyl (C=O) groups excluding carboxylic acids is 2. The van der Waals surface area contributed by atoms with Crippen LogP contribution in [0.25, 0.3) is 0 Å². The van der Waals surface area contributed by atoms with Gasteiger partial charge in [-0.3, -0.25) is 9.59 Å². The molecule has 2 saturated heterocycles. The van der Waals surface area contributed by atoms with Gasteiger partial charge in [0.15, 0.2) is 0 Å². The number of halogens is 1. The molecular formula is C23H26FN3O3. The van der Waals surface area contributed by atoms with E-state index in [0.717, 1.165) is 11.4 Å². The molecule has 2 aromatic rings. The second-order valence-corrected chi connectivity index (χ2v) is 7.59. The first-order chi connectivity index (χ1) is 14.6. The lowest BCUT2D eigenvalue weighted by Gasteiger charge is -2.37. The zero-order valence-electron chi connectivity index (χ0n) is 17.1. The highest BCUT2D eigenvalue weighted by atomic mass is 19.1. The molecule has 4 rings (SSSR count). The predicted molar refractivity (Wildman–Crippen MR) is 113 cm³/mol. The summed E-state index contributed by atoms with van der Waals surface area (Å²) in [5.74, 6) is 0.0387. The molecule has 0 radical (unpaired) electrons. The second-order valence-electron chi connectivity index (χ2n) is 7.59. The normalized spacial score (nSPS) is 19.3. The van der Waals surface area contributed by atoms with E-state index in [2.05, 4.69) is 4.90 Å². The number of benzene rings is 2. The summed E-state index contributed by atoms with van der Waals surface area (Å²) in [5.41, 5.74) is 1.68. The molecule has 6 nitrogen and oxygen atoms in total. The van der Waals surface area contributed by atoms with Gasteiger partial charge in [0.2, 0.25) is 11.8 Å². The molecule has 2 aliphatic heterocycles. The number of ether oxygens (including phenoxy) is 1. The molecule has 0 aromatic heterocycles. The van der Waals surface area contributed by atoms with Crippen LogP contribution < -0.4 is 14.5 Å². The minimum absolute atomic E-state index is 0.0264. The molecule has 2 amide bonds. The van der Waals surface area contributed by atoms with Gasteiger partial charge in [0.05, 0.1) is 18.2 Å². The van der Waals surface area contributed by atoms with Crippen LogP contribution in [-0.2, 0) is 9.59 Å². The third kappa shape index (κ3) is 4.10. The Balaban J connectivity index is 1.38. The van der Waals surface area contributed by atoms with E-state index in [-0.39, 0.29) is 30.0 Å². The quantitative estimate of drug-likeness (QED) is 0.759. The topological polar surface area (TPSA) is 53.1 Å². The number of hydrogen-bond acceptors (Lipinski definition) is 4. The molecule has 0 N–H and O–H groups in total. The highest BCUT2D eigenvalue weighted by Gasteiger charge is 2.38. The van der Waals surface area contributed by atoms with Crippen LogP contribution in [0.4, 0.5) is 15.8 Å². The summed E-state index contributed by atoms with van der Waals surface area (Å²) in [7, 11) is 0. The summed E-state index contributed by atoms with van der Waals surface area (Å²) >= 11 is 0. The molecule has 2 aliphatic rings. The van der Waals surface area contributed by atoms with Gasteiger partial charge in [-0.1, -0.05) is 12.1 Å². The molecule has 0 bridgehead atoms. The number of amides is 2. The van der Waals surface area contributed by atoms with E-state index in [1.165, 1.54) is 12.1 Å². The van der Waals surface area contributed by atoms with Gasteiger partial charge in [0.25, 0.3) is 0 Å². The van der Waals surface area contributed by atoms with E-state index in [1.807, 2.05) is 36.1 Å². The molecule has 0 aliphatic carbocycles. The maximum atomic E-state index is 13.1. The molecule has 0 unspecified atom stereocenters. The molecule has 7 heteroatoms. The van der Waals surface area contributed by atoms with Crippen molar-refractivity contribution in [3.63, 3.8) is 0 Å². The Labute approximate surface area is 175 Å². The van der Waals surface area contributed by atoms with E-state index < -0.39 is 0 Å². The van der Waals surface area contributed by atoms with Gasteiger partial charge in [-0.05, 0) is 43.3 Å². The van der Waals surface area contributed by atoms with E-state index >= 15 is 0 Å². The number of hydrogen-bond donors (Lipinski definition) is 0. The Morgan fingerprint density at radius 2 is 1.77 bits per heavy atom. The maximum Gasteiger partial charge on any atom is 0.228 e. The Kier molecular flexibility index (Phi) is 5.88. The third-order valence-electron chi connectivity index (χ3n) is 5.71. The summed E-state index contributed by atoms with van der Waals surface area (Å²) in [5, 5.41) is 0. The number of anilines is 2. The Bertz CT molecular complexity index is 910. The van der Waals surface area contributed by atoms with Crippen molar-refractivity contribution in [1.29, 1.82) is 0 Å². The van der Waals surface area contributed by atoms with Crippen molar-refractivity contribution in [2.75, 3.05) is 49.1 Å². The smallest absolute Gasteiger partial charge is 0.228 e. The minimum atomic E-state index is -0.343. The molecule has 2 heterocycles. The number of nitrogens with zero attached hydrogens (tertiary/aromatic N) is 3. The van der Waals surface area contributed by atoms with E-state index in [0.29, 0.717) is 45.1 Å². The lowest BCUT2D eigenvalue weighted by Crippen LogP contribution is -2.50. The summed E-state index contributed by atoms with van der Waals surface area (Å²) in [6.07, 6.45) is 0.220. The zero-order chi connectivity index (χ0) is 21.1. The standard InChI is InChI=1S/C23H26FN3O3/c1-2-30-21-6-4-3-5-20(21)27-16-17(15-22(27)28)23(29)26-13-11-25(12-14-26)19-9-7-18(24)8-10-19/h3-10,17H,2,11-16H2,1H3/t17-/m0/s1. The minimum Gasteiger partial charge on any atom is -0.492 e. The molecule has 2 fully saturated rings. The molecule has 158 valence electrons. The van der Waals surface area contributed by atoms with Crippen LogP contribution in [0, 0.1) is 11.7 Å². The van der Waals surface area contributed by atoms with Crippen LogP contribution in [0.3, 0.4) is 0 Å². The molecule has 2 aromatic carbocycles. The van der Waals surface area contributed by atoms with Crippen LogP contribution in [0.5, 0.6) is 5.75 Å². The monoisotopic (exact) mass is 411 g/mol. The van der Waals surface area contributed by atoms with Crippen molar-refractivity contribution in [2.45, 2.75) is 13.3 Å². The van der Waals surface area contributed by atoms with E-state index in [1.54, 1.807) is 17.0 Å². The molecule has 0 saturated carbocycles. The SMILES string of the molecule is CCOc1ccccc1N1C[C@@H](C(=O)N2CCN(c3ccc(F)cc3)CC2)CC1=O. The van der Waals surface area contributed by atoms with Gasteiger partial charge in [0, 0.05) is 44.8 Å². The van der Waals surface area contributed by atoms with Crippen LogP contribution in [0.1, 0.15) is 13.3 Å². The predicted octanol–water partition coefficient (Wildman–Crippen LogP) is 2.93.